The van der Waals surface area contributed by atoms with Crippen molar-refractivity contribution in [2.45, 2.75) is 24.0 Å². The summed E-state index contributed by atoms with van der Waals surface area (Å²) in [5.74, 6) is 0. The van der Waals surface area contributed by atoms with E-state index >= 15 is 0 Å². The summed E-state index contributed by atoms with van der Waals surface area (Å²) in [5.41, 5.74) is -0.118. The van der Waals surface area contributed by atoms with E-state index in [4.69, 9.17) is 4.74 Å². The van der Waals surface area contributed by atoms with Crippen LogP contribution in [0.5, 0.6) is 0 Å². The van der Waals surface area contributed by atoms with Crippen molar-refractivity contribution in [1.29, 1.82) is 0 Å². The predicted molar refractivity (Wildman–Crippen MR) is 85.7 cm³/mol. The molecule has 0 bridgehead atoms. The van der Waals surface area contributed by atoms with Gasteiger partial charge in [-0.15, -0.1) is 23.7 Å². The Balaban J connectivity index is 0.00000220. The number of ether oxygens (including phenoxy) is 1. The third-order valence-electron chi connectivity index (χ3n) is 3.62. The first-order valence-electron chi connectivity index (χ1n) is 6.59. The van der Waals surface area contributed by atoms with Crippen molar-refractivity contribution in [3.8, 4) is 0 Å². The number of aryl methyl sites for hydroxylation is 1. The molecule has 0 aromatic carbocycles. The molecule has 1 aromatic heterocycles. The van der Waals surface area contributed by atoms with Gasteiger partial charge in [-0.3, -0.25) is 0 Å². The van der Waals surface area contributed by atoms with Crippen molar-refractivity contribution < 1.29 is 13.2 Å². The Morgan fingerprint density at radius 1 is 1.48 bits per heavy atom. The normalized spacial score (nSPS) is 18.2. The van der Waals surface area contributed by atoms with Gasteiger partial charge >= 0.3 is 0 Å². The minimum atomic E-state index is -3.47. The molecule has 1 saturated heterocycles. The maximum absolute atomic E-state index is 12.2. The molecule has 0 spiro atoms. The van der Waals surface area contributed by atoms with E-state index in [-0.39, 0.29) is 22.0 Å². The van der Waals surface area contributed by atoms with Gasteiger partial charge in [0.25, 0.3) is 10.0 Å². The van der Waals surface area contributed by atoms with Gasteiger partial charge in [0.1, 0.15) is 0 Å². The molecule has 1 fully saturated rings. The maximum Gasteiger partial charge on any atom is 0.251 e. The number of nitrogens with one attached hydrogen (secondary N) is 2. The molecule has 0 atom stereocenters. The Kier molecular flexibility index (Phi) is 7.02. The average molecular weight is 356 g/mol. The van der Waals surface area contributed by atoms with E-state index in [2.05, 4.69) is 15.0 Å². The minimum Gasteiger partial charge on any atom is -0.384 e. The zero-order valence-corrected chi connectivity index (χ0v) is 14.7. The Hall–Kier alpha value is -0.250. The number of hydrogen-bond donors (Lipinski definition) is 2. The third kappa shape index (κ3) is 4.87. The van der Waals surface area contributed by atoms with Gasteiger partial charge in [0.05, 0.1) is 17.8 Å². The number of rotatable bonds is 6. The Morgan fingerprint density at radius 2 is 2.14 bits per heavy atom. The van der Waals surface area contributed by atoms with E-state index in [0.717, 1.165) is 30.9 Å². The fourth-order valence-corrected chi connectivity index (χ4v) is 4.73. The molecule has 2 N–H and O–H groups in total. The molecule has 21 heavy (non-hydrogen) atoms. The molecule has 0 amide bonds. The molecule has 0 aliphatic carbocycles. The van der Waals surface area contributed by atoms with E-state index in [0.29, 0.717) is 13.2 Å². The monoisotopic (exact) mass is 355 g/mol. The molecule has 6 nitrogen and oxygen atoms in total. The van der Waals surface area contributed by atoms with Crippen LogP contribution in [0, 0.1) is 12.3 Å². The van der Waals surface area contributed by atoms with Crippen molar-refractivity contribution in [2.24, 2.45) is 5.41 Å². The fourth-order valence-electron chi connectivity index (χ4n) is 2.42. The quantitative estimate of drug-likeness (QED) is 0.800. The van der Waals surface area contributed by atoms with Crippen LogP contribution in [0.15, 0.2) is 10.4 Å². The molecule has 2 heterocycles. The second-order valence-corrected chi connectivity index (χ2v) is 8.43. The van der Waals surface area contributed by atoms with Gasteiger partial charge in [-0.2, -0.15) is 0 Å². The summed E-state index contributed by atoms with van der Waals surface area (Å²) in [5, 5.41) is 4.04. The zero-order valence-electron chi connectivity index (χ0n) is 12.2. The largest absolute Gasteiger partial charge is 0.384 e. The zero-order chi connectivity index (χ0) is 14.6. The third-order valence-corrected chi connectivity index (χ3v) is 6.39. The number of halogens is 1. The van der Waals surface area contributed by atoms with Crippen molar-refractivity contribution in [1.82, 2.24) is 15.0 Å². The number of piperidine rings is 1. The Labute approximate surface area is 136 Å². The number of thiazole rings is 1. The molecular formula is C12H22ClN3O3S2. The molecule has 1 aliphatic rings. The van der Waals surface area contributed by atoms with E-state index in [1.54, 1.807) is 14.0 Å². The van der Waals surface area contributed by atoms with E-state index in [1.807, 2.05) is 0 Å². The van der Waals surface area contributed by atoms with E-state index < -0.39 is 10.0 Å². The maximum atomic E-state index is 12.2. The summed E-state index contributed by atoms with van der Waals surface area (Å²) >= 11 is 1.19. The smallest absolute Gasteiger partial charge is 0.251 e. The Morgan fingerprint density at radius 3 is 2.67 bits per heavy atom. The lowest BCUT2D eigenvalue weighted by molar-refractivity contribution is 0.0577. The van der Waals surface area contributed by atoms with Gasteiger partial charge in [-0.1, -0.05) is 0 Å². The van der Waals surface area contributed by atoms with Crippen molar-refractivity contribution in [3.63, 3.8) is 0 Å². The van der Waals surface area contributed by atoms with Crippen LogP contribution in [0.3, 0.4) is 0 Å². The average Bonchev–Trinajstić information content (AvgIpc) is 2.86. The number of nitrogens with zero attached hydrogens (tertiary/aromatic N) is 1. The van der Waals surface area contributed by atoms with Gasteiger partial charge in [0.15, 0.2) is 4.21 Å². The summed E-state index contributed by atoms with van der Waals surface area (Å²) in [6.45, 7) is 4.55. The molecule has 0 radical (unpaired) electrons. The molecule has 2 rings (SSSR count). The summed E-state index contributed by atoms with van der Waals surface area (Å²) in [7, 11) is -1.81. The second kappa shape index (κ2) is 7.85. The van der Waals surface area contributed by atoms with Crippen LogP contribution in [0.2, 0.25) is 0 Å². The lowest BCUT2D eigenvalue weighted by Gasteiger charge is -2.37. The summed E-state index contributed by atoms with van der Waals surface area (Å²) in [4.78, 5) is 4.00. The summed E-state index contributed by atoms with van der Waals surface area (Å²) in [6, 6.07) is 0. The minimum absolute atomic E-state index is 0. The van der Waals surface area contributed by atoms with Crippen LogP contribution in [-0.2, 0) is 14.8 Å². The SMILES string of the molecule is COCC1(CNS(=O)(=O)c2cnc(C)s2)CCNCC1.Cl. The number of hydrogen-bond acceptors (Lipinski definition) is 6. The highest BCUT2D eigenvalue weighted by Crippen LogP contribution is 2.29. The van der Waals surface area contributed by atoms with Crippen LogP contribution in [-0.4, -0.2) is 46.8 Å². The molecule has 1 aromatic rings. The summed E-state index contributed by atoms with van der Waals surface area (Å²) < 4.78 is 32.8. The molecule has 122 valence electrons. The van der Waals surface area contributed by atoms with Crippen LogP contribution in [0.4, 0.5) is 0 Å². The highest BCUT2D eigenvalue weighted by Gasteiger charge is 2.33. The fraction of sp³-hybridized carbons (Fsp3) is 0.750. The summed E-state index contributed by atoms with van der Waals surface area (Å²) in [6.07, 6.45) is 3.23. The van der Waals surface area contributed by atoms with E-state index in [9.17, 15) is 8.42 Å². The van der Waals surface area contributed by atoms with Crippen molar-refractivity contribution in [3.05, 3.63) is 11.2 Å². The van der Waals surface area contributed by atoms with Gasteiger partial charge in [0, 0.05) is 19.1 Å². The topological polar surface area (TPSA) is 80.3 Å². The van der Waals surface area contributed by atoms with Gasteiger partial charge in [-0.25, -0.2) is 18.1 Å². The highest BCUT2D eigenvalue weighted by molar-refractivity contribution is 7.91. The molecule has 0 unspecified atom stereocenters. The van der Waals surface area contributed by atoms with Crippen LogP contribution >= 0.6 is 23.7 Å². The van der Waals surface area contributed by atoms with Crippen LogP contribution in [0.1, 0.15) is 17.8 Å². The second-order valence-electron chi connectivity index (χ2n) is 5.21. The van der Waals surface area contributed by atoms with Crippen molar-refractivity contribution in [2.75, 3.05) is 33.4 Å². The first-order chi connectivity index (χ1) is 9.47. The molecule has 9 heteroatoms. The molecular weight excluding hydrogens is 334 g/mol. The predicted octanol–water partition coefficient (Wildman–Crippen LogP) is 1.17. The number of aromatic nitrogens is 1. The first kappa shape index (κ1) is 18.8. The lowest BCUT2D eigenvalue weighted by Crippen LogP contribution is -2.47. The first-order valence-corrected chi connectivity index (χ1v) is 8.89. The van der Waals surface area contributed by atoms with E-state index in [1.165, 1.54) is 17.5 Å². The Bertz CT molecular complexity index is 536. The van der Waals surface area contributed by atoms with Crippen molar-refractivity contribution >= 4 is 33.8 Å². The van der Waals surface area contributed by atoms with Gasteiger partial charge in [0.2, 0.25) is 0 Å². The highest BCUT2D eigenvalue weighted by atomic mass is 35.5. The lowest BCUT2D eigenvalue weighted by atomic mass is 9.80. The van der Waals surface area contributed by atoms with Gasteiger partial charge < -0.3 is 10.1 Å². The molecule has 1 aliphatic heterocycles. The molecule has 0 saturated carbocycles. The number of methoxy groups -OCH3 is 1. The van der Waals surface area contributed by atoms with Crippen LogP contribution in [0.25, 0.3) is 0 Å². The standard InChI is InChI=1S/C12H21N3O3S2.ClH/c1-10-14-7-11(19-10)20(16,17)15-8-12(9-18-2)3-5-13-6-4-12;/h7,13,15H,3-6,8-9H2,1-2H3;1H. The number of sulfonamides is 1. The van der Waals surface area contributed by atoms with Gasteiger partial charge in [-0.05, 0) is 32.9 Å². The van der Waals surface area contributed by atoms with Crippen LogP contribution < -0.4 is 10.0 Å².